The first-order valence-electron chi connectivity index (χ1n) is 5.38. The minimum Gasteiger partial charge on any atom is -0.300 e. The number of carbonyl (C=O) groups is 1. The summed E-state index contributed by atoms with van der Waals surface area (Å²) in [6, 6.07) is 4.26. The molecular weight excluding hydrogens is 297 g/mol. The van der Waals surface area contributed by atoms with Crippen molar-refractivity contribution in [2.24, 2.45) is 0 Å². The molecule has 0 saturated carbocycles. The Morgan fingerprint density at radius 2 is 1.72 bits per heavy atom. The summed E-state index contributed by atoms with van der Waals surface area (Å²) in [4.78, 5) is 11.1. The van der Waals surface area contributed by atoms with Gasteiger partial charge in [0.1, 0.15) is 10.7 Å². The third-order valence-corrected chi connectivity index (χ3v) is 5.41. The summed E-state index contributed by atoms with van der Waals surface area (Å²) in [5.74, 6) is 0.0867. The maximum Gasteiger partial charge on any atom is 0.244 e. The van der Waals surface area contributed by atoms with Gasteiger partial charge in [-0.05, 0) is 18.2 Å². The highest BCUT2D eigenvalue weighted by molar-refractivity contribution is 7.89. The summed E-state index contributed by atoms with van der Waals surface area (Å²) >= 11 is 11.6. The van der Waals surface area contributed by atoms with E-state index < -0.39 is 10.0 Å². The summed E-state index contributed by atoms with van der Waals surface area (Å²) in [5.41, 5.74) is 0. The molecule has 7 heteroatoms. The largest absolute Gasteiger partial charge is 0.300 e. The number of Topliss-reactive ketones (excluding diaryl/α,β-unsaturated/α-hetero) is 1. The van der Waals surface area contributed by atoms with Gasteiger partial charge in [-0.2, -0.15) is 4.31 Å². The van der Waals surface area contributed by atoms with E-state index in [0.29, 0.717) is 5.02 Å². The molecule has 1 aliphatic rings. The van der Waals surface area contributed by atoms with Crippen LogP contribution in [0.25, 0.3) is 0 Å². The molecule has 1 aliphatic heterocycles. The van der Waals surface area contributed by atoms with Gasteiger partial charge in [0, 0.05) is 31.0 Å². The van der Waals surface area contributed by atoms with Crippen molar-refractivity contribution in [3.63, 3.8) is 0 Å². The van der Waals surface area contributed by atoms with E-state index in [1.54, 1.807) is 0 Å². The number of halogens is 2. The monoisotopic (exact) mass is 307 g/mol. The maximum absolute atomic E-state index is 12.3. The molecule has 98 valence electrons. The van der Waals surface area contributed by atoms with Crippen molar-refractivity contribution < 1.29 is 13.2 Å². The van der Waals surface area contributed by atoms with Crippen molar-refractivity contribution in [2.75, 3.05) is 13.1 Å². The minimum atomic E-state index is -3.64. The zero-order chi connectivity index (χ0) is 13.3. The molecule has 0 aromatic heterocycles. The van der Waals surface area contributed by atoms with E-state index in [4.69, 9.17) is 23.2 Å². The molecule has 0 amide bonds. The average Bonchev–Trinajstić information content (AvgIpc) is 2.29. The highest BCUT2D eigenvalue weighted by atomic mass is 35.5. The first kappa shape index (κ1) is 13.8. The van der Waals surface area contributed by atoms with Crippen LogP contribution in [0.1, 0.15) is 12.8 Å². The maximum atomic E-state index is 12.3. The molecule has 1 heterocycles. The van der Waals surface area contributed by atoms with Gasteiger partial charge in [0.15, 0.2) is 0 Å². The third kappa shape index (κ3) is 2.69. The number of ketones is 1. The van der Waals surface area contributed by atoms with Crippen LogP contribution in [0, 0.1) is 0 Å². The number of hydrogen-bond donors (Lipinski definition) is 0. The Labute approximate surface area is 116 Å². The average molecular weight is 308 g/mol. The fraction of sp³-hybridized carbons (Fsp3) is 0.364. The molecule has 0 atom stereocenters. The number of carbonyl (C=O) groups excluding carboxylic acids is 1. The van der Waals surface area contributed by atoms with Gasteiger partial charge in [0.2, 0.25) is 10.0 Å². The lowest BCUT2D eigenvalue weighted by Gasteiger charge is -2.25. The Morgan fingerprint density at radius 3 is 2.28 bits per heavy atom. The molecule has 1 saturated heterocycles. The molecule has 18 heavy (non-hydrogen) atoms. The minimum absolute atomic E-state index is 0.0305. The Hall–Kier alpha value is -0.620. The standard InChI is InChI=1S/C11H11Cl2NO3S/c12-8-1-2-11(10(13)7-8)18(16,17)14-5-3-9(15)4-6-14/h1-2,7H,3-6H2. The second-order valence-corrected chi connectivity index (χ2v) is 6.77. The van der Waals surface area contributed by atoms with Crippen LogP contribution in [0.4, 0.5) is 0 Å². The molecule has 0 aliphatic carbocycles. The Bertz CT molecular complexity index is 576. The van der Waals surface area contributed by atoms with E-state index in [2.05, 4.69) is 0 Å². The van der Waals surface area contributed by atoms with Crippen molar-refractivity contribution >= 4 is 39.0 Å². The predicted octanol–water partition coefficient (Wildman–Crippen LogP) is 2.35. The van der Waals surface area contributed by atoms with E-state index in [-0.39, 0.29) is 41.6 Å². The smallest absolute Gasteiger partial charge is 0.244 e. The molecule has 0 radical (unpaired) electrons. The number of piperidine rings is 1. The number of benzene rings is 1. The van der Waals surface area contributed by atoms with Gasteiger partial charge >= 0.3 is 0 Å². The lowest BCUT2D eigenvalue weighted by atomic mass is 10.1. The Kier molecular flexibility index (Phi) is 3.96. The SMILES string of the molecule is O=C1CCN(S(=O)(=O)c2ccc(Cl)cc2Cl)CC1. The van der Waals surface area contributed by atoms with Gasteiger partial charge in [0.25, 0.3) is 0 Å². The van der Waals surface area contributed by atoms with Gasteiger partial charge in [-0.3, -0.25) is 4.79 Å². The Balaban J connectivity index is 2.33. The topological polar surface area (TPSA) is 54.5 Å². The number of nitrogens with zero attached hydrogens (tertiary/aromatic N) is 1. The van der Waals surface area contributed by atoms with Crippen LogP contribution in [0.5, 0.6) is 0 Å². The van der Waals surface area contributed by atoms with Crippen molar-refractivity contribution in [3.05, 3.63) is 28.2 Å². The van der Waals surface area contributed by atoms with Gasteiger partial charge in [0.05, 0.1) is 5.02 Å². The van der Waals surface area contributed by atoms with Gasteiger partial charge in [-0.25, -0.2) is 8.42 Å². The second kappa shape index (κ2) is 5.17. The zero-order valence-corrected chi connectivity index (χ0v) is 11.7. The van der Waals surface area contributed by atoms with Crippen LogP contribution in [0.2, 0.25) is 10.0 Å². The molecule has 1 fully saturated rings. The number of sulfonamides is 1. The molecule has 0 unspecified atom stereocenters. The summed E-state index contributed by atoms with van der Waals surface area (Å²) < 4.78 is 25.9. The molecule has 0 bridgehead atoms. The van der Waals surface area contributed by atoms with Gasteiger partial charge in [-0.1, -0.05) is 23.2 Å². The van der Waals surface area contributed by atoms with Crippen LogP contribution in [-0.4, -0.2) is 31.6 Å². The fourth-order valence-electron chi connectivity index (χ4n) is 1.80. The summed E-state index contributed by atoms with van der Waals surface area (Å²) in [7, 11) is -3.64. The normalized spacial score (nSPS) is 18.0. The molecule has 0 spiro atoms. The van der Waals surface area contributed by atoms with Gasteiger partial charge < -0.3 is 0 Å². The Morgan fingerprint density at radius 1 is 1.11 bits per heavy atom. The first-order chi connectivity index (χ1) is 8.41. The van der Waals surface area contributed by atoms with Crippen LogP contribution in [-0.2, 0) is 14.8 Å². The van der Waals surface area contributed by atoms with Crippen LogP contribution < -0.4 is 0 Å². The van der Waals surface area contributed by atoms with Crippen LogP contribution in [0.3, 0.4) is 0 Å². The third-order valence-electron chi connectivity index (χ3n) is 2.79. The van der Waals surface area contributed by atoms with Crippen molar-refractivity contribution in [1.29, 1.82) is 0 Å². The quantitative estimate of drug-likeness (QED) is 0.842. The van der Waals surface area contributed by atoms with Crippen molar-refractivity contribution in [2.45, 2.75) is 17.7 Å². The van der Waals surface area contributed by atoms with Crippen molar-refractivity contribution in [3.8, 4) is 0 Å². The van der Waals surface area contributed by atoms with E-state index in [9.17, 15) is 13.2 Å². The van der Waals surface area contributed by atoms with E-state index >= 15 is 0 Å². The molecule has 4 nitrogen and oxygen atoms in total. The highest BCUT2D eigenvalue weighted by Crippen LogP contribution is 2.28. The lowest BCUT2D eigenvalue weighted by molar-refractivity contribution is -0.120. The predicted molar refractivity (Wildman–Crippen MR) is 69.5 cm³/mol. The molecular formula is C11H11Cl2NO3S. The molecule has 2 rings (SSSR count). The summed E-state index contributed by atoms with van der Waals surface area (Å²) in [6.07, 6.45) is 0.509. The second-order valence-electron chi connectivity index (χ2n) is 4.02. The summed E-state index contributed by atoms with van der Waals surface area (Å²) in [6.45, 7) is 0.417. The fourth-order valence-corrected chi connectivity index (χ4v) is 3.99. The van der Waals surface area contributed by atoms with E-state index in [1.807, 2.05) is 0 Å². The van der Waals surface area contributed by atoms with E-state index in [1.165, 1.54) is 22.5 Å². The van der Waals surface area contributed by atoms with E-state index in [0.717, 1.165) is 0 Å². The molecule has 1 aromatic carbocycles. The zero-order valence-electron chi connectivity index (χ0n) is 9.40. The highest BCUT2D eigenvalue weighted by Gasteiger charge is 2.29. The lowest BCUT2D eigenvalue weighted by Crippen LogP contribution is -2.38. The van der Waals surface area contributed by atoms with Crippen LogP contribution in [0.15, 0.2) is 23.1 Å². The number of rotatable bonds is 2. The molecule has 1 aromatic rings. The first-order valence-corrected chi connectivity index (χ1v) is 7.58. The number of hydrogen-bond acceptors (Lipinski definition) is 3. The van der Waals surface area contributed by atoms with Crippen LogP contribution >= 0.6 is 23.2 Å². The van der Waals surface area contributed by atoms with Crippen molar-refractivity contribution in [1.82, 2.24) is 4.31 Å². The summed E-state index contributed by atoms with van der Waals surface area (Å²) in [5, 5.41) is 0.479. The van der Waals surface area contributed by atoms with Gasteiger partial charge in [-0.15, -0.1) is 0 Å². The molecule has 0 N–H and O–H groups in total.